The quantitative estimate of drug-likeness (QED) is 0.833. The van der Waals surface area contributed by atoms with Crippen molar-refractivity contribution in [1.29, 1.82) is 0 Å². The number of benzene rings is 1. The summed E-state index contributed by atoms with van der Waals surface area (Å²) in [5.74, 6) is -1.15. The van der Waals surface area contributed by atoms with Crippen LogP contribution in [0.15, 0.2) is 12.1 Å². The summed E-state index contributed by atoms with van der Waals surface area (Å²) in [6.07, 6.45) is -0.662. The van der Waals surface area contributed by atoms with Gasteiger partial charge >= 0.3 is 5.97 Å². The van der Waals surface area contributed by atoms with E-state index in [-0.39, 0.29) is 18.9 Å². The van der Waals surface area contributed by atoms with Crippen LogP contribution in [0, 0.1) is 20.8 Å². The molecule has 0 saturated heterocycles. The third kappa shape index (κ3) is 4.35. The molecule has 0 saturated carbocycles. The minimum absolute atomic E-state index is 0.136. The van der Waals surface area contributed by atoms with Crippen LogP contribution in [0.5, 0.6) is 0 Å². The first-order chi connectivity index (χ1) is 9.35. The Bertz CT molecular complexity index is 488. The van der Waals surface area contributed by atoms with Crippen LogP contribution in [0.2, 0.25) is 0 Å². The highest BCUT2D eigenvalue weighted by Crippen LogP contribution is 2.16. The first-order valence-electron chi connectivity index (χ1n) is 6.45. The second-order valence-electron chi connectivity index (χ2n) is 4.94. The van der Waals surface area contributed by atoms with E-state index in [1.165, 1.54) is 7.11 Å². The number of carboxylic acids is 1. The summed E-state index contributed by atoms with van der Waals surface area (Å²) in [5, 5.41) is 11.5. The molecule has 0 fully saturated rings. The van der Waals surface area contributed by atoms with Gasteiger partial charge in [-0.1, -0.05) is 17.7 Å². The van der Waals surface area contributed by atoms with Gasteiger partial charge in [-0.05, 0) is 31.9 Å². The highest BCUT2D eigenvalue weighted by atomic mass is 16.5. The van der Waals surface area contributed by atoms with E-state index in [2.05, 4.69) is 5.32 Å². The number of carbonyl (C=O) groups excluding carboxylic acids is 1. The molecule has 0 bridgehead atoms. The van der Waals surface area contributed by atoms with Gasteiger partial charge in [0.05, 0.1) is 12.5 Å². The van der Waals surface area contributed by atoms with Crippen LogP contribution in [-0.2, 0) is 9.53 Å². The van der Waals surface area contributed by atoms with E-state index in [0.717, 1.165) is 16.7 Å². The predicted octanol–water partition coefficient (Wildman–Crippen LogP) is 1.83. The number of hydrogen-bond donors (Lipinski definition) is 2. The SMILES string of the molecule is COC(CNC(=O)c1c(C)cc(C)cc1C)CC(=O)O. The molecule has 1 amide bonds. The van der Waals surface area contributed by atoms with Crippen LogP contribution in [0.4, 0.5) is 0 Å². The summed E-state index contributed by atoms with van der Waals surface area (Å²) in [6, 6.07) is 3.90. The van der Waals surface area contributed by atoms with Gasteiger partial charge in [0.25, 0.3) is 5.91 Å². The summed E-state index contributed by atoms with van der Waals surface area (Å²) >= 11 is 0. The molecule has 1 aromatic rings. The molecule has 0 aliphatic rings. The monoisotopic (exact) mass is 279 g/mol. The average molecular weight is 279 g/mol. The van der Waals surface area contributed by atoms with Gasteiger partial charge in [-0.25, -0.2) is 0 Å². The first kappa shape index (κ1) is 16.2. The second-order valence-corrected chi connectivity index (χ2v) is 4.94. The Morgan fingerprint density at radius 3 is 2.25 bits per heavy atom. The number of hydrogen-bond acceptors (Lipinski definition) is 3. The van der Waals surface area contributed by atoms with Crippen molar-refractivity contribution < 1.29 is 19.4 Å². The summed E-state index contributed by atoms with van der Waals surface area (Å²) in [4.78, 5) is 22.8. The predicted molar refractivity (Wildman–Crippen MR) is 76.0 cm³/mol. The molecule has 0 radical (unpaired) electrons. The molecule has 110 valence electrons. The fraction of sp³-hybridized carbons (Fsp3) is 0.467. The number of amides is 1. The Morgan fingerprint density at radius 1 is 1.25 bits per heavy atom. The molecule has 0 aromatic heterocycles. The van der Waals surface area contributed by atoms with Gasteiger partial charge < -0.3 is 15.2 Å². The van der Waals surface area contributed by atoms with Crippen molar-refractivity contribution >= 4 is 11.9 Å². The van der Waals surface area contributed by atoms with Crippen LogP contribution < -0.4 is 5.32 Å². The number of carboxylic acid groups (broad SMARTS) is 1. The van der Waals surface area contributed by atoms with Crippen molar-refractivity contribution in [3.8, 4) is 0 Å². The Hall–Kier alpha value is -1.88. The van der Waals surface area contributed by atoms with Gasteiger partial charge in [-0.3, -0.25) is 9.59 Å². The lowest BCUT2D eigenvalue weighted by atomic mass is 9.99. The van der Waals surface area contributed by atoms with Crippen molar-refractivity contribution in [2.24, 2.45) is 0 Å². The van der Waals surface area contributed by atoms with Crippen molar-refractivity contribution in [2.45, 2.75) is 33.3 Å². The van der Waals surface area contributed by atoms with Crippen LogP contribution in [0.25, 0.3) is 0 Å². The molecular formula is C15H21NO4. The summed E-state index contributed by atoms with van der Waals surface area (Å²) in [5.41, 5.74) is 3.57. The lowest BCUT2D eigenvalue weighted by molar-refractivity contribution is -0.139. The zero-order valence-corrected chi connectivity index (χ0v) is 12.3. The molecule has 1 atom stereocenters. The minimum atomic E-state index is -0.950. The van der Waals surface area contributed by atoms with Crippen LogP contribution in [0.1, 0.15) is 33.5 Å². The summed E-state index contributed by atoms with van der Waals surface area (Å²) in [7, 11) is 1.43. The van der Waals surface area contributed by atoms with E-state index in [1.807, 2.05) is 32.9 Å². The van der Waals surface area contributed by atoms with E-state index in [1.54, 1.807) is 0 Å². The van der Waals surface area contributed by atoms with Gasteiger partial charge in [-0.2, -0.15) is 0 Å². The van der Waals surface area contributed by atoms with E-state index in [9.17, 15) is 9.59 Å². The fourth-order valence-corrected chi connectivity index (χ4v) is 2.27. The molecule has 0 aliphatic carbocycles. The molecule has 1 unspecified atom stereocenters. The van der Waals surface area contributed by atoms with E-state index < -0.39 is 12.1 Å². The molecular weight excluding hydrogens is 258 g/mol. The third-order valence-corrected chi connectivity index (χ3v) is 3.13. The fourth-order valence-electron chi connectivity index (χ4n) is 2.27. The smallest absolute Gasteiger partial charge is 0.306 e. The third-order valence-electron chi connectivity index (χ3n) is 3.13. The van der Waals surface area contributed by atoms with Crippen molar-refractivity contribution in [3.05, 3.63) is 34.4 Å². The Kier molecular flexibility index (Phi) is 5.70. The van der Waals surface area contributed by atoms with Crippen LogP contribution in [0.3, 0.4) is 0 Å². The minimum Gasteiger partial charge on any atom is -0.481 e. The van der Waals surface area contributed by atoms with Gasteiger partial charge in [-0.15, -0.1) is 0 Å². The van der Waals surface area contributed by atoms with Crippen LogP contribution in [-0.4, -0.2) is 36.7 Å². The lowest BCUT2D eigenvalue weighted by Gasteiger charge is -2.16. The maximum atomic E-state index is 12.2. The topological polar surface area (TPSA) is 75.6 Å². The molecule has 0 spiro atoms. The number of methoxy groups -OCH3 is 1. The number of aliphatic carboxylic acids is 1. The highest BCUT2D eigenvalue weighted by molar-refractivity contribution is 5.97. The molecule has 5 nitrogen and oxygen atoms in total. The zero-order chi connectivity index (χ0) is 15.3. The summed E-state index contributed by atoms with van der Waals surface area (Å²) < 4.78 is 5.03. The lowest BCUT2D eigenvalue weighted by Crippen LogP contribution is -2.35. The Morgan fingerprint density at radius 2 is 1.80 bits per heavy atom. The normalized spacial score (nSPS) is 12.0. The molecule has 5 heteroatoms. The van der Waals surface area contributed by atoms with E-state index >= 15 is 0 Å². The maximum Gasteiger partial charge on any atom is 0.306 e. The highest BCUT2D eigenvalue weighted by Gasteiger charge is 2.16. The Balaban J connectivity index is 2.74. The molecule has 2 N–H and O–H groups in total. The summed E-state index contributed by atoms with van der Waals surface area (Å²) in [6.45, 7) is 5.93. The molecule has 1 rings (SSSR count). The number of aryl methyl sites for hydroxylation is 3. The number of rotatable bonds is 6. The van der Waals surface area contributed by atoms with Crippen LogP contribution >= 0.6 is 0 Å². The maximum absolute atomic E-state index is 12.2. The molecule has 0 heterocycles. The largest absolute Gasteiger partial charge is 0.481 e. The number of carbonyl (C=O) groups is 2. The molecule has 1 aromatic carbocycles. The second kappa shape index (κ2) is 7.05. The van der Waals surface area contributed by atoms with Gasteiger partial charge in [0, 0.05) is 19.2 Å². The molecule has 0 aliphatic heterocycles. The first-order valence-corrected chi connectivity index (χ1v) is 6.45. The van der Waals surface area contributed by atoms with Crippen molar-refractivity contribution in [1.82, 2.24) is 5.32 Å². The number of ether oxygens (including phenoxy) is 1. The zero-order valence-electron chi connectivity index (χ0n) is 12.3. The van der Waals surface area contributed by atoms with E-state index in [4.69, 9.17) is 9.84 Å². The van der Waals surface area contributed by atoms with Gasteiger partial charge in [0.2, 0.25) is 0 Å². The van der Waals surface area contributed by atoms with Crippen molar-refractivity contribution in [2.75, 3.05) is 13.7 Å². The van der Waals surface area contributed by atoms with Crippen molar-refractivity contribution in [3.63, 3.8) is 0 Å². The molecule has 20 heavy (non-hydrogen) atoms. The van der Waals surface area contributed by atoms with Gasteiger partial charge in [0.15, 0.2) is 0 Å². The standard InChI is InChI=1S/C15H21NO4/c1-9-5-10(2)14(11(3)6-9)15(19)16-8-12(20-4)7-13(17)18/h5-6,12H,7-8H2,1-4H3,(H,16,19)(H,17,18). The number of nitrogens with one attached hydrogen (secondary N) is 1. The van der Waals surface area contributed by atoms with E-state index in [0.29, 0.717) is 5.56 Å². The Labute approximate surface area is 118 Å². The average Bonchev–Trinajstić information content (AvgIpc) is 2.32. The van der Waals surface area contributed by atoms with Gasteiger partial charge in [0.1, 0.15) is 0 Å².